The van der Waals surface area contributed by atoms with Crippen LogP contribution in [-0.2, 0) is 6.61 Å². The molecule has 0 spiro atoms. The first kappa shape index (κ1) is 15.9. The standard InChI is InChI=1S/C17H20N2O3/c1-21-17-11-15(12-19-18-9-10-20)7-8-16(17)22-13-14-5-3-2-4-6-14/h2-8,11-12,18,20H,9-10,13H2,1H3. The molecule has 0 fully saturated rings. The van der Waals surface area contributed by atoms with E-state index in [1.165, 1.54) is 0 Å². The summed E-state index contributed by atoms with van der Waals surface area (Å²) < 4.78 is 11.1. The van der Waals surface area contributed by atoms with Gasteiger partial charge < -0.3 is 20.0 Å². The zero-order valence-corrected chi connectivity index (χ0v) is 12.5. The topological polar surface area (TPSA) is 63.1 Å². The molecule has 0 atom stereocenters. The van der Waals surface area contributed by atoms with Gasteiger partial charge in [-0.05, 0) is 29.3 Å². The number of nitrogens with zero attached hydrogens (tertiary/aromatic N) is 1. The first-order valence-electron chi connectivity index (χ1n) is 7.05. The smallest absolute Gasteiger partial charge is 0.161 e. The molecule has 5 nitrogen and oxygen atoms in total. The summed E-state index contributed by atoms with van der Waals surface area (Å²) in [5.74, 6) is 1.34. The minimum absolute atomic E-state index is 0.0485. The SMILES string of the molecule is COc1cc(C=NNCCO)ccc1OCc1ccccc1. The highest BCUT2D eigenvalue weighted by Gasteiger charge is 2.05. The molecular formula is C17H20N2O3. The monoisotopic (exact) mass is 300 g/mol. The number of hydrogen-bond donors (Lipinski definition) is 2. The minimum atomic E-state index is 0.0485. The summed E-state index contributed by atoms with van der Waals surface area (Å²) in [7, 11) is 1.61. The van der Waals surface area contributed by atoms with Crippen molar-refractivity contribution in [1.82, 2.24) is 5.43 Å². The van der Waals surface area contributed by atoms with Crippen LogP contribution in [0.25, 0.3) is 0 Å². The van der Waals surface area contributed by atoms with Gasteiger partial charge in [0.25, 0.3) is 0 Å². The summed E-state index contributed by atoms with van der Waals surface area (Å²) in [6.07, 6.45) is 1.67. The molecule has 0 radical (unpaired) electrons. The second-order valence-corrected chi connectivity index (χ2v) is 4.57. The highest BCUT2D eigenvalue weighted by atomic mass is 16.5. The van der Waals surface area contributed by atoms with Crippen LogP contribution in [0.4, 0.5) is 0 Å². The van der Waals surface area contributed by atoms with E-state index in [-0.39, 0.29) is 6.61 Å². The number of aliphatic hydroxyl groups is 1. The van der Waals surface area contributed by atoms with Gasteiger partial charge in [-0.25, -0.2) is 0 Å². The van der Waals surface area contributed by atoms with Gasteiger partial charge in [0.1, 0.15) is 6.61 Å². The molecule has 0 bridgehead atoms. The molecule has 0 unspecified atom stereocenters. The van der Waals surface area contributed by atoms with Gasteiger partial charge in [0.15, 0.2) is 11.5 Å². The molecule has 2 aromatic rings. The van der Waals surface area contributed by atoms with Crippen molar-refractivity contribution >= 4 is 6.21 Å². The third-order valence-electron chi connectivity index (χ3n) is 2.95. The fourth-order valence-corrected chi connectivity index (χ4v) is 1.85. The molecule has 0 aromatic heterocycles. The van der Waals surface area contributed by atoms with Crippen LogP contribution < -0.4 is 14.9 Å². The third kappa shape index (κ3) is 4.79. The number of aliphatic hydroxyl groups excluding tert-OH is 1. The van der Waals surface area contributed by atoms with Crippen LogP contribution in [0, 0.1) is 0 Å². The van der Waals surface area contributed by atoms with Gasteiger partial charge >= 0.3 is 0 Å². The Kier molecular flexibility index (Phi) is 6.26. The van der Waals surface area contributed by atoms with Crippen molar-refractivity contribution in [2.45, 2.75) is 6.61 Å². The van der Waals surface area contributed by atoms with Crippen molar-refractivity contribution < 1.29 is 14.6 Å². The second-order valence-electron chi connectivity index (χ2n) is 4.57. The zero-order valence-electron chi connectivity index (χ0n) is 12.5. The first-order valence-corrected chi connectivity index (χ1v) is 7.05. The van der Waals surface area contributed by atoms with Crippen molar-refractivity contribution in [1.29, 1.82) is 0 Å². The summed E-state index contributed by atoms with van der Waals surface area (Å²) >= 11 is 0. The van der Waals surface area contributed by atoms with Crippen molar-refractivity contribution in [2.24, 2.45) is 5.10 Å². The third-order valence-corrected chi connectivity index (χ3v) is 2.95. The Bertz CT molecular complexity index is 600. The van der Waals surface area contributed by atoms with E-state index in [1.54, 1.807) is 13.3 Å². The Balaban J connectivity index is 2.01. The predicted octanol–water partition coefficient (Wildman–Crippen LogP) is 2.19. The number of nitrogens with one attached hydrogen (secondary N) is 1. The van der Waals surface area contributed by atoms with Crippen LogP contribution in [0.15, 0.2) is 53.6 Å². The molecule has 0 amide bonds. The summed E-state index contributed by atoms with van der Waals surface area (Å²) in [6.45, 7) is 0.960. The van der Waals surface area contributed by atoms with Crippen molar-refractivity contribution in [3.05, 3.63) is 59.7 Å². The lowest BCUT2D eigenvalue weighted by Crippen LogP contribution is -2.11. The van der Waals surface area contributed by atoms with Gasteiger partial charge in [0.05, 0.1) is 26.5 Å². The molecule has 0 aliphatic rings. The van der Waals surface area contributed by atoms with Crippen molar-refractivity contribution in [3.63, 3.8) is 0 Å². The van der Waals surface area contributed by atoms with Gasteiger partial charge in [0.2, 0.25) is 0 Å². The molecule has 116 valence electrons. The Morgan fingerprint density at radius 3 is 2.68 bits per heavy atom. The van der Waals surface area contributed by atoms with E-state index >= 15 is 0 Å². The number of hydrogen-bond acceptors (Lipinski definition) is 5. The molecule has 0 aliphatic heterocycles. The number of benzene rings is 2. The fourth-order valence-electron chi connectivity index (χ4n) is 1.85. The quantitative estimate of drug-likeness (QED) is 0.446. The van der Waals surface area contributed by atoms with E-state index < -0.39 is 0 Å². The van der Waals surface area contributed by atoms with E-state index in [2.05, 4.69) is 10.5 Å². The molecule has 2 N–H and O–H groups in total. The molecular weight excluding hydrogens is 280 g/mol. The summed E-state index contributed by atoms with van der Waals surface area (Å²) in [4.78, 5) is 0. The average molecular weight is 300 g/mol. The highest BCUT2D eigenvalue weighted by molar-refractivity contribution is 5.80. The summed E-state index contributed by atoms with van der Waals surface area (Å²) in [5.41, 5.74) is 4.71. The lowest BCUT2D eigenvalue weighted by Gasteiger charge is -2.11. The molecule has 2 rings (SSSR count). The van der Waals surface area contributed by atoms with Gasteiger partial charge in [-0.15, -0.1) is 0 Å². The summed E-state index contributed by atoms with van der Waals surface area (Å²) in [6, 6.07) is 15.6. The zero-order chi connectivity index (χ0) is 15.6. The normalized spacial score (nSPS) is 10.6. The van der Waals surface area contributed by atoms with Crippen LogP contribution in [0.2, 0.25) is 0 Å². The lowest BCUT2D eigenvalue weighted by molar-refractivity contribution is 0.284. The van der Waals surface area contributed by atoms with Gasteiger partial charge in [-0.3, -0.25) is 0 Å². The minimum Gasteiger partial charge on any atom is -0.493 e. The van der Waals surface area contributed by atoms with E-state index in [4.69, 9.17) is 14.6 Å². The van der Waals surface area contributed by atoms with Crippen LogP contribution in [-0.4, -0.2) is 31.6 Å². The van der Waals surface area contributed by atoms with E-state index in [1.807, 2.05) is 48.5 Å². The second kappa shape index (κ2) is 8.69. The van der Waals surface area contributed by atoms with Gasteiger partial charge in [-0.2, -0.15) is 5.10 Å². The highest BCUT2D eigenvalue weighted by Crippen LogP contribution is 2.28. The molecule has 2 aromatic carbocycles. The largest absolute Gasteiger partial charge is 0.493 e. The van der Waals surface area contributed by atoms with Crippen molar-refractivity contribution in [3.8, 4) is 11.5 Å². The molecule has 0 aliphatic carbocycles. The van der Waals surface area contributed by atoms with E-state index in [9.17, 15) is 0 Å². The van der Waals surface area contributed by atoms with Crippen molar-refractivity contribution in [2.75, 3.05) is 20.3 Å². The maximum atomic E-state index is 8.66. The van der Waals surface area contributed by atoms with E-state index in [0.717, 1.165) is 11.1 Å². The lowest BCUT2D eigenvalue weighted by atomic mass is 10.2. The molecule has 0 saturated carbocycles. The Hall–Kier alpha value is -2.53. The number of rotatable bonds is 8. The Morgan fingerprint density at radius 1 is 1.14 bits per heavy atom. The predicted molar refractivity (Wildman–Crippen MR) is 86.5 cm³/mol. The molecule has 0 saturated heterocycles. The maximum Gasteiger partial charge on any atom is 0.161 e. The van der Waals surface area contributed by atoms with Crippen LogP contribution in [0.3, 0.4) is 0 Å². The number of ether oxygens (including phenoxy) is 2. The Morgan fingerprint density at radius 2 is 1.95 bits per heavy atom. The fraction of sp³-hybridized carbons (Fsp3) is 0.235. The van der Waals surface area contributed by atoms with Gasteiger partial charge in [-0.1, -0.05) is 30.3 Å². The molecule has 0 heterocycles. The summed E-state index contributed by atoms with van der Waals surface area (Å²) in [5, 5.41) is 12.7. The average Bonchev–Trinajstić information content (AvgIpc) is 2.58. The number of methoxy groups -OCH3 is 1. The van der Waals surface area contributed by atoms with Crippen LogP contribution in [0.5, 0.6) is 11.5 Å². The van der Waals surface area contributed by atoms with Crippen LogP contribution >= 0.6 is 0 Å². The van der Waals surface area contributed by atoms with Crippen LogP contribution in [0.1, 0.15) is 11.1 Å². The number of hydrazone groups is 1. The maximum absolute atomic E-state index is 8.66. The van der Waals surface area contributed by atoms with E-state index in [0.29, 0.717) is 24.7 Å². The first-order chi connectivity index (χ1) is 10.8. The molecule has 5 heteroatoms. The Labute approximate surface area is 130 Å². The molecule has 22 heavy (non-hydrogen) atoms. The van der Waals surface area contributed by atoms with Gasteiger partial charge in [0, 0.05) is 0 Å².